The maximum Gasteiger partial charge on any atom is 0.391 e. The fraction of sp³-hybridized carbons (Fsp3) is 0.565. The van der Waals surface area contributed by atoms with Crippen molar-refractivity contribution in [2.75, 3.05) is 24.3 Å². The molecule has 0 aliphatic heterocycles. The Morgan fingerprint density at radius 2 is 1.97 bits per heavy atom. The molecule has 1 aliphatic rings. The number of hydrogen-bond acceptors (Lipinski definition) is 6. The van der Waals surface area contributed by atoms with Crippen molar-refractivity contribution in [3.63, 3.8) is 0 Å². The Hall–Kier alpha value is -3.31. The number of halogens is 3. The Kier molecular flexibility index (Phi) is 7.91. The van der Waals surface area contributed by atoms with Gasteiger partial charge in [-0.25, -0.2) is 4.98 Å². The van der Waals surface area contributed by atoms with Gasteiger partial charge >= 0.3 is 6.18 Å². The maximum absolute atomic E-state index is 13.3. The minimum Gasteiger partial charge on any atom is -0.383 e. The minimum atomic E-state index is -4.20. The first-order valence-corrected chi connectivity index (χ1v) is 11.5. The Bertz CT molecular complexity index is 1060. The summed E-state index contributed by atoms with van der Waals surface area (Å²) in [4.78, 5) is 30.5. The molecule has 1 aromatic carbocycles. The molecule has 1 aliphatic carbocycles. The molecule has 1 fully saturated rings. The second-order valence-electron chi connectivity index (χ2n) is 9.12. The first-order chi connectivity index (χ1) is 16.4. The monoisotopic (exact) mass is 496 g/mol. The number of hydrogen-bond donors (Lipinski definition) is 2. The van der Waals surface area contributed by atoms with E-state index in [2.05, 4.69) is 15.6 Å². The Morgan fingerprint density at radius 1 is 1.31 bits per heavy atom. The molecule has 2 N–H and O–H groups in total. The number of benzene rings is 1. The van der Waals surface area contributed by atoms with E-state index in [-0.39, 0.29) is 41.7 Å². The van der Waals surface area contributed by atoms with Gasteiger partial charge < -0.3 is 20.1 Å². The zero-order valence-corrected chi connectivity index (χ0v) is 20.2. The molecule has 3 rings (SSSR count). The number of imidazole rings is 1. The first kappa shape index (κ1) is 26.3. The van der Waals surface area contributed by atoms with Crippen LogP contribution in [0.3, 0.4) is 0 Å². The van der Waals surface area contributed by atoms with E-state index in [0.717, 1.165) is 5.82 Å². The first-order valence-electron chi connectivity index (χ1n) is 11.5. The lowest BCUT2D eigenvalue weighted by molar-refractivity contribution is -0.383. The molecule has 0 radical (unpaired) electrons. The molecule has 0 bridgehead atoms. The summed E-state index contributed by atoms with van der Waals surface area (Å²) in [5, 5.41) is 17.3. The Morgan fingerprint density at radius 3 is 2.49 bits per heavy atom. The molecule has 192 valence electrons. The fourth-order valence-electron chi connectivity index (χ4n) is 4.62. The van der Waals surface area contributed by atoms with E-state index >= 15 is 0 Å². The predicted molar refractivity (Wildman–Crippen MR) is 126 cm³/mol. The summed E-state index contributed by atoms with van der Waals surface area (Å²) >= 11 is 0. The van der Waals surface area contributed by atoms with E-state index in [9.17, 15) is 28.1 Å². The molecule has 12 heteroatoms. The summed E-state index contributed by atoms with van der Waals surface area (Å²) in [6.45, 7) is 2.12. The number of nitrogens with zero attached hydrogens (tertiary/aromatic N) is 4. The third kappa shape index (κ3) is 6.04. The summed E-state index contributed by atoms with van der Waals surface area (Å²) in [5.74, 6) is -1.18. The standard InChI is InChI=1S/C23H31F3N6O3/c1-14(15-5-7-16(8-6-15)23(24,25)26)29-22(33)17-11-20(32(34)35)18(27-2)12-19(17)31(4)13-21-28-9-10-30(21)3/h9-12,14-16,27H,5-8,13H2,1-4H3,(H,29,33)/t14-,15?,16?/m1/s1. The van der Waals surface area contributed by atoms with E-state index in [1.807, 2.05) is 11.6 Å². The number of aromatic nitrogens is 2. The molecule has 0 saturated heterocycles. The van der Waals surface area contributed by atoms with Crippen molar-refractivity contribution >= 4 is 23.0 Å². The van der Waals surface area contributed by atoms with Crippen LogP contribution in [-0.4, -0.2) is 46.7 Å². The van der Waals surface area contributed by atoms with Crippen LogP contribution in [0.4, 0.5) is 30.2 Å². The number of nitrogens with one attached hydrogen (secondary N) is 2. The van der Waals surface area contributed by atoms with Gasteiger partial charge in [-0.15, -0.1) is 0 Å². The summed E-state index contributed by atoms with van der Waals surface area (Å²) in [7, 11) is 5.16. The van der Waals surface area contributed by atoms with E-state index in [1.54, 1.807) is 44.4 Å². The van der Waals surface area contributed by atoms with Crippen LogP contribution < -0.4 is 15.5 Å². The molecule has 9 nitrogen and oxygen atoms in total. The van der Waals surface area contributed by atoms with Gasteiger partial charge in [-0.1, -0.05) is 0 Å². The third-order valence-corrected chi connectivity index (χ3v) is 6.84. The van der Waals surface area contributed by atoms with Crippen LogP contribution in [0.25, 0.3) is 0 Å². The number of rotatable bonds is 8. The molecule has 0 spiro atoms. The lowest BCUT2D eigenvalue weighted by Gasteiger charge is -2.33. The van der Waals surface area contributed by atoms with Crippen molar-refractivity contribution < 1.29 is 22.9 Å². The smallest absolute Gasteiger partial charge is 0.383 e. The van der Waals surface area contributed by atoms with E-state index in [4.69, 9.17) is 0 Å². The summed E-state index contributed by atoms with van der Waals surface area (Å²) in [5.41, 5.74) is 0.591. The quantitative estimate of drug-likeness (QED) is 0.412. The van der Waals surface area contributed by atoms with E-state index in [0.29, 0.717) is 25.1 Å². The lowest BCUT2D eigenvalue weighted by Crippen LogP contribution is -2.41. The van der Waals surface area contributed by atoms with Gasteiger partial charge in [0.05, 0.1) is 28.6 Å². The second-order valence-corrected chi connectivity index (χ2v) is 9.12. The topological polar surface area (TPSA) is 105 Å². The van der Waals surface area contributed by atoms with Crippen LogP contribution >= 0.6 is 0 Å². The van der Waals surface area contributed by atoms with Crippen LogP contribution in [0.2, 0.25) is 0 Å². The van der Waals surface area contributed by atoms with Gasteiger partial charge in [0.15, 0.2) is 0 Å². The zero-order chi connectivity index (χ0) is 25.9. The molecule has 1 amide bonds. The molecule has 2 aromatic rings. The van der Waals surface area contributed by atoms with Crippen LogP contribution in [0, 0.1) is 22.0 Å². The van der Waals surface area contributed by atoms with E-state index in [1.165, 1.54) is 6.07 Å². The highest BCUT2D eigenvalue weighted by Gasteiger charge is 2.42. The van der Waals surface area contributed by atoms with Gasteiger partial charge in [-0.05, 0) is 44.6 Å². The maximum atomic E-state index is 13.3. The Labute approximate surface area is 201 Å². The van der Waals surface area contributed by atoms with Crippen LogP contribution in [0.5, 0.6) is 0 Å². The van der Waals surface area contributed by atoms with Crippen LogP contribution in [0.15, 0.2) is 24.5 Å². The number of anilines is 2. The number of alkyl halides is 3. The average molecular weight is 497 g/mol. The van der Waals surface area contributed by atoms with Gasteiger partial charge in [0.2, 0.25) is 0 Å². The summed E-state index contributed by atoms with van der Waals surface area (Å²) in [6.07, 6.45) is 0.0370. The minimum absolute atomic E-state index is 0.0361. The highest BCUT2D eigenvalue weighted by Crippen LogP contribution is 2.40. The van der Waals surface area contributed by atoms with Gasteiger partial charge in [0.1, 0.15) is 11.5 Å². The third-order valence-electron chi connectivity index (χ3n) is 6.84. The average Bonchev–Trinajstić information content (AvgIpc) is 3.21. The number of nitro groups is 1. The zero-order valence-electron chi connectivity index (χ0n) is 20.2. The SMILES string of the molecule is CNc1cc(N(C)Cc2nccn2C)c(C(=O)N[C@H](C)C2CCC(C(F)(F)F)CC2)cc1[N+](=O)[O-]. The largest absolute Gasteiger partial charge is 0.391 e. The predicted octanol–water partition coefficient (Wildman–Crippen LogP) is 4.49. The molecule has 35 heavy (non-hydrogen) atoms. The van der Waals surface area contributed by atoms with Gasteiger partial charge in [-0.2, -0.15) is 13.2 Å². The van der Waals surface area contributed by atoms with Gasteiger partial charge in [0, 0.05) is 45.6 Å². The number of aryl methyl sites for hydroxylation is 1. The van der Waals surface area contributed by atoms with Crippen LogP contribution in [-0.2, 0) is 13.6 Å². The second kappa shape index (κ2) is 10.5. The molecule has 0 unspecified atom stereocenters. The summed E-state index contributed by atoms with van der Waals surface area (Å²) < 4.78 is 40.9. The van der Waals surface area contributed by atoms with Crippen LogP contribution in [0.1, 0.15) is 48.8 Å². The number of carbonyl (C=O) groups excluding carboxylic acids is 1. The van der Waals surface area contributed by atoms with Crippen molar-refractivity contribution in [2.45, 2.75) is 51.4 Å². The number of carbonyl (C=O) groups is 1. The van der Waals surface area contributed by atoms with Crippen molar-refractivity contribution in [2.24, 2.45) is 18.9 Å². The van der Waals surface area contributed by atoms with Crippen molar-refractivity contribution in [1.29, 1.82) is 0 Å². The normalized spacial score (nSPS) is 19.2. The fourth-order valence-corrected chi connectivity index (χ4v) is 4.62. The van der Waals surface area contributed by atoms with Crippen molar-refractivity contribution in [3.8, 4) is 0 Å². The lowest BCUT2D eigenvalue weighted by atomic mass is 9.78. The van der Waals surface area contributed by atoms with Gasteiger partial charge in [0.25, 0.3) is 11.6 Å². The van der Waals surface area contributed by atoms with E-state index < -0.39 is 22.9 Å². The molecule has 1 saturated carbocycles. The number of nitro benzene ring substituents is 1. The summed E-state index contributed by atoms with van der Waals surface area (Å²) in [6, 6.07) is 2.40. The van der Waals surface area contributed by atoms with Crippen molar-refractivity contribution in [3.05, 3.63) is 46.0 Å². The number of amides is 1. The van der Waals surface area contributed by atoms with Crippen molar-refractivity contribution in [1.82, 2.24) is 14.9 Å². The highest BCUT2D eigenvalue weighted by molar-refractivity contribution is 6.02. The Balaban J connectivity index is 1.84. The highest BCUT2D eigenvalue weighted by atomic mass is 19.4. The molecule has 1 atom stereocenters. The molecular formula is C23H31F3N6O3. The molecule has 1 aromatic heterocycles. The molecular weight excluding hydrogens is 465 g/mol. The van der Waals surface area contributed by atoms with Gasteiger partial charge in [-0.3, -0.25) is 14.9 Å². The molecule has 1 heterocycles.